The van der Waals surface area contributed by atoms with Crippen molar-refractivity contribution >= 4 is 10.9 Å². The lowest BCUT2D eigenvalue weighted by Crippen LogP contribution is -2.46. The van der Waals surface area contributed by atoms with Gasteiger partial charge in [-0.3, -0.25) is 4.98 Å². The lowest BCUT2D eigenvalue weighted by Gasteiger charge is -2.29. The zero-order valence-corrected chi connectivity index (χ0v) is 16.2. The summed E-state index contributed by atoms with van der Waals surface area (Å²) in [4.78, 5) is 4.56. The van der Waals surface area contributed by atoms with E-state index in [0.29, 0.717) is 6.04 Å². The molecule has 5 nitrogen and oxygen atoms in total. The highest BCUT2D eigenvalue weighted by atomic mass is 16.5. The average molecular weight is 365 g/mol. The summed E-state index contributed by atoms with van der Waals surface area (Å²) >= 11 is 0. The minimum atomic E-state index is -0.0447. The van der Waals surface area contributed by atoms with E-state index in [1.165, 1.54) is 5.56 Å². The first-order valence-corrected chi connectivity index (χ1v) is 9.67. The summed E-state index contributed by atoms with van der Waals surface area (Å²) in [6, 6.07) is 10.8. The van der Waals surface area contributed by atoms with E-state index in [9.17, 15) is 0 Å². The molecule has 3 aromatic rings. The van der Waals surface area contributed by atoms with Crippen LogP contribution >= 0.6 is 0 Å². The molecule has 1 aromatic carbocycles. The molecule has 142 valence electrons. The Kier molecular flexibility index (Phi) is 5.14. The van der Waals surface area contributed by atoms with Gasteiger partial charge in [-0.25, -0.2) is 0 Å². The Morgan fingerprint density at radius 2 is 2.11 bits per heavy atom. The molecule has 27 heavy (non-hydrogen) atoms. The van der Waals surface area contributed by atoms with E-state index in [1.54, 1.807) is 0 Å². The van der Waals surface area contributed by atoms with Crippen molar-refractivity contribution in [1.29, 1.82) is 0 Å². The summed E-state index contributed by atoms with van der Waals surface area (Å²) in [6.45, 7) is 8.87. The van der Waals surface area contributed by atoms with Crippen LogP contribution in [0.2, 0.25) is 0 Å². The summed E-state index contributed by atoms with van der Waals surface area (Å²) in [7, 11) is 0. The number of rotatable bonds is 5. The largest absolute Gasteiger partial charge is 0.487 e. The molecule has 1 saturated heterocycles. The van der Waals surface area contributed by atoms with Gasteiger partial charge in [0.25, 0.3) is 0 Å². The smallest absolute Gasteiger partial charge is 0.129 e. The van der Waals surface area contributed by atoms with E-state index < -0.39 is 0 Å². The standard InChI is InChI=1S/C22H27N3O2/c1-15(2)25-9-6-17(14-25)18-11-20-19(5-4-7-24-20)21(12-18)27-16(3)22-13-23-8-10-26-22/h4-7,9,11-12,14-16,22-23H,8,10,13H2,1-3H3/t16-,22+/m1/s1. The van der Waals surface area contributed by atoms with Gasteiger partial charge in [0.15, 0.2) is 0 Å². The van der Waals surface area contributed by atoms with Crippen molar-refractivity contribution in [1.82, 2.24) is 14.9 Å². The fraction of sp³-hybridized carbons (Fsp3) is 0.409. The lowest BCUT2D eigenvalue weighted by molar-refractivity contribution is -0.0345. The number of benzene rings is 1. The van der Waals surface area contributed by atoms with Gasteiger partial charge in [-0.05, 0) is 62.2 Å². The Morgan fingerprint density at radius 3 is 2.85 bits per heavy atom. The van der Waals surface area contributed by atoms with Crippen molar-refractivity contribution < 1.29 is 9.47 Å². The number of aromatic nitrogens is 2. The van der Waals surface area contributed by atoms with Gasteiger partial charge >= 0.3 is 0 Å². The summed E-state index contributed by atoms with van der Waals surface area (Å²) < 4.78 is 14.4. The van der Waals surface area contributed by atoms with E-state index in [4.69, 9.17) is 9.47 Å². The third kappa shape index (κ3) is 3.84. The van der Waals surface area contributed by atoms with Gasteiger partial charge in [-0.2, -0.15) is 0 Å². The Bertz CT molecular complexity index is 913. The molecule has 2 atom stereocenters. The van der Waals surface area contributed by atoms with Crippen molar-refractivity contribution in [2.45, 2.75) is 39.0 Å². The van der Waals surface area contributed by atoms with E-state index in [1.807, 2.05) is 12.3 Å². The van der Waals surface area contributed by atoms with E-state index >= 15 is 0 Å². The van der Waals surface area contributed by atoms with Gasteiger partial charge in [0.1, 0.15) is 18.0 Å². The Balaban J connectivity index is 1.69. The topological polar surface area (TPSA) is 48.3 Å². The van der Waals surface area contributed by atoms with Crippen LogP contribution in [0.5, 0.6) is 5.75 Å². The maximum absolute atomic E-state index is 6.37. The van der Waals surface area contributed by atoms with Crippen molar-refractivity contribution in [3.8, 4) is 16.9 Å². The number of nitrogens with one attached hydrogen (secondary N) is 1. The van der Waals surface area contributed by atoms with E-state index in [2.05, 4.69) is 72.3 Å². The van der Waals surface area contributed by atoms with Crippen LogP contribution in [-0.2, 0) is 4.74 Å². The molecule has 4 rings (SSSR count). The van der Waals surface area contributed by atoms with Crippen LogP contribution in [0.25, 0.3) is 22.0 Å². The van der Waals surface area contributed by atoms with Crippen LogP contribution in [0.15, 0.2) is 48.9 Å². The van der Waals surface area contributed by atoms with Crippen LogP contribution in [0, 0.1) is 0 Å². The molecule has 1 aliphatic heterocycles. The SMILES string of the molecule is CC(C)n1ccc(-c2cc(O[C@H](C)[C@@H]3CNCCO3)c3cccnc3c2)c1. The maximum Gasteiger partial charge on any atom is 0.129 e. The number of morpholine rings is 1. The van der Waals surface area contributed by atoms with Gasteiger partial charge in [0.2, 0.25) is 0 Å². The van der Waals surface area contributed by atoms with Crippen LogP contribution < -0.4 is 10.1 Å². The van der Waals surface area contributed by atoms with Crippen molar-refractivity contribution in [3.63, 3.8) is 0 Å². The molecule has 2 aromatic heterocycles. The molecule has 0 amide bonds. The predicted octanol–water partition coefficient (Wildman–Crippen LogP) is 4.04. The van der Waals surface area contributed by atoms with E-state index in [-0.39, 0.29) is 12.2 Å². The molecule has 0 bridgehead atoms. The van der Waals surface area contributed by atoms with Gasteiger partial charge < -0.3 is 19.4 Å². The zero-order chi connectivity index (χ0) is 18.8. The Labute approximate surface area is 160 Å². The molecule has 1 aliphatic rings. The first-order valence-electron chi connectivity index (χ1n) is 9.67. The molecular weight excluding hydrogens is 338 g/mol. The van der Waals surface area contributed by atoms with Crippen LogP contribution in [-0.4, -0.2) is 41.5 Å². The quantitative estimate of drug-likeness (QED) is 0.741. The lowest BCUT2D eigenvalue weighted by atomic mass is 10.1. The number of hydrogen-bond acceptors (Lipinski definition) is 4. The average Bonchev–Trinajstić information content (AvgIpc) is 3.19. The second-order valence-electron chi connectivity index (χ2n) is 7.42. The monoisotopic (exact) mass is 365 g/mol. The zero-order valence-electron chi connectivity index (χ0n) is 16.2. The van der Waals surface area contributed by atoms with E-state index in [0.717, 1.165) is 41.9 Å². The second kappa shape index (κ2) is 7.71. The van der Waals surface area contributed by atoms with Crippen LogP contribution in [0.4, 0.5) is 0 Å². The fourth-order valence-electron chi connectivity index (χ4n) is 3.48. The fourth-order valence-corrected chi connectivity index (χ4v) is 3.48. The minimum Gasteiger partial charge on any atom is -0.487 e. The molecule has 1 N–H and O–H groups in total. The number of ether oxygens (including phenoxy) is 2. The van der Waals surface area contributed by atoms with Gasteiger partial charge in [0, 0.05) is 43.1 Å². The highest BCUT2D eigenvalue weighted by Gasteiger charge is 2.23. The summed E-state index contributed by atoms with van der Waals surface area (Å²) in [5.41, 5.74) is 3.23. The first-order chi connectivity index (χ1) is 13.1. The van der Waals surface area contributed by atoms with Crippen molar-refractivity contribution in [2.75, 3.05) is 19.7 Å². The molecule has 0 unspecified atom stereocenters. The van der Waals surface area contributed by atoms with Crippen molar-refractivity contribution in [3.05, 3.63) is 48.9 Å². The van der Waals surface area contributed by atoms with Crippen molar-refractivity contribution in [2.24, 2.45) is 0 Å². The maximum atomic E-state index is 6.37. The van der Waals surface area contributed by atoms with Gasteiger partial charge in [-0.1, -0.05) is 0 Å². The highest BCUT2D eigenvalue weighted by molar-refractivity contribution is 5.90. The summed E-state index contributed by atoms with van der Waals surface area (Å²) in [6.07, 6.45) is 6.13. The normalized spacial score (nSPS) is 18.7. The minimum absolute atomic E-state index is 0.0447. The number of nitrogens with zero attached hydrogens (tertiary/aromatic N) is 2. The van der Waals surface area contributed by atoms with Gasteiger partial charge in [0.05, 0.1) is 12.1 Å². The molecule has 1 fully saturated rings. The molecular formula is C22H27N3O2. The number of hydrogen-bond donors (Lipinski definition) is 1. The number of fused-ring (bicyclic) bond motifs is 1. The van der Waals surface area contributed by atoms with Gasteiger partial charge in [-0.15, -0.1) is 0 Å². The van der Waals surface area contributed by atoms with Crippen LogP contribution in [0.3, 0.4) is 0 Å². The first kappa shape index (κ1) is 18.0. The highest BCUT2D eigenvalue weighted by Crippen LogP contribution is 2.33. The molecule has 0 saturated carbocycles. The molecule has 0 spiro atoms. The van der Waals surface area contributed by atoms with Crippen LogP contribution in [0.1, 0.15) is 26.8 Å². The molecule has 5 heteroatoms. The Morgan fingerprint density at radius 1 is 1.22 bits per heavy atom. The molecule has 0 radical (unpaired) electrons. The predicted molar refractivity (Wildman–Crippen MR) is 108 cm³/mol. The summed E-state index contributed by atoms with van der Waals surface area (Å²) in [5.74, 6) is 0.856. The second-order valence-corrected chi connectivity index (χ2v) is 7.42. The third-order valence-electron chi connectivity index (χ3n) is 5.12. The molecule has 3 heterocycles. The Hall–Kier alpha value is -2.37. The molecule has 0 aliphatic carbocycles. The number of pyridine rings is 1. The third-order valence-corrected chi connectivity index (χ3v) is 5.12. The summed E-state index contributed by atoms with van der Waals surface area (Å²) in [5, 5.41) is 4.40.